The molecular weight excluding hydrogens is 519 g/mol. The topological polar surface area (TPSA) is 95.6 Å². The summed E-state index contributed by atoms with van der Waals surface area (Å²) in [4.78, 5) is 25.7. The SMILES string of the molecule is Cc1ccccc1C(=O)N[C@@H]1CCCC[C@H]1NC(=O)C1CCCN(S(=O)(=O)c2cccc(C(F)(F)F)c2)C1. The molecule has 1 unspecified atom stereocenters. The molecule has 0 aromatic heterocycles. The smallest absolute Gasteiger partial charge is 0.351 e. The molecule has 2 N–H and O–H groups in total. The molecule has 1 saturated carbocycles. The highest BCUT2D eigenvalue weighted by atomic mass is 32.2. The Balaban J connectivity index is 1.42. The van der Waals surface area contributed by atoms with E-state index >= 15 is 0 Å². The lowest BCUT2D eigenvalue weighted by Gasteiger charge is -2.36. The average molecular weight is 552 g/mol. The van der Waals surface area contributed by atoms with Crippen molar-refractivity contribution in [1.82, 2.24) is 14.9 Å². The van der Waals surface area contributed by atoms with Gasteiger partial charge >= 0.3 is 6.18 Å². The van der Waals surface area contributed by atoms with Crippen molar-refractivity contribution in [3.05, 3.63) is 65.2 Å². The maximum Gasteiger partial charge on any atom is 0.416 e. The first kappa shape index (κ1) is 28.1. The maximum absolute atomic E-state index is 13.2. The number of hydrogen-bond acceptors (Lipinski definition) is 4. The second-order valence-corrected chi connectivity index (χ2v) is 12.0. The van der Waals surface area contributed by atoms with Gasteiger partial charge in [-0.05, 0) is 62.4 Å². The van der Waals surface area contributed by atoms with Gasteiger partial charge in [0.05, 0.1) is 16.4 Å². The number of piperidine rings is 1. The van der Waals surface area contributed by atoms with Gasteiger partial charge in [0.25, 0.3) is 5.91 Å². The Bertz CT molecular complexity index is 1280. The van der Waals surface area contributed by atoms with E-state index in [9.17, 15) is 31.2 Å². The Morgan fingerprint density at radius 1 is 0.921 bits per heavy atom. The van der Waals surface area contributed by atoms with Gasteiger partial charge in [-0.1, -0.05) is 37.1 Å². The molecule has 2 aliphatic rings. The molecule has 206 valence electrons. The number of rotatable bonds is 6. The van der Waals surface area contributed by atoms with Crippen LogP contribution in [0.25, 0.3) is 0 Å². The summed E-state index contributed by atoms with van der Waals surface area (Å²) in [6.07, 6.45) is -0.588. The summed E-state index contributed by atoms with van der Waals surface area (Å²) < 4.78 is 66.8. The fraction of sp³-hybridized carbons (Fsp3) is 0.481. The van der Waals surface area contributed by atoms with Gasteiger partial charge in [-0.15, -0.1) is 0 Å². The minimum absolute atomic E-state index is 0.114. The van der Waals surface area contributed by atoms with Crippen molar-refractivity contribution >= 4 is 21.8 Å². The van der Waals surface area contributed by atoms with Crippen LogP contribution >= 0.6 is 0 Å². The van der Waals surface area contributed by atoms with E-state index in [1.807, 2.05) is 19.1 Å². The number of alkyl halides is 3. The molecule has 38 heavy (non-hydrogen) atoms. The van der Waals surface area contributed by atoms with E-state index in [4.69, 9.17) is 0 Å². The van der Waals surface area contributed by atoms with Gasteiger partial charge in [-0.3, -0.25) is 9.59 Å². The molecule has 11 heteroatoms. The fourth-order valence-corrected chi connectivity index (χ4v) is 6.78. The van der Waals surface area contributed by atoms with E-state index in [1.54, 1.807) is 12.1 Å². The molecule has 1 aliphatic carbocycles. The zero-order valence-corrected chi connectivity index (χ0v) is 21.9. The number of hydrogen-bond donors (Lipinski definition) is 2. The molecule has 1 saturated heterocycles. The standard InChI is InChI=1S/C27H32F3N3O4S/c1-18-8-2-3-12-22(18)26(35)32-24-14-5-4-13-23(24)31-25(34)19-9-7-15-33(17-19)38(36,37)21-11-6-10-20(16-21)27(28,29)30/h2-3,6,8,10-12,16,19,23-24H,4-5,7,9,13-15,17H2,1H3,(H,31,34)(H,32,35)/t19?,23-,24-/m1/s1. The zero-order valence-electron chi connectivity index (χ0n) is 21.1. The first-order chi connectivity index (χ1) is 18.0. The van der Waals surface area contributed by atoms with Gasteiger partial charge in [0.15, 0.2) is 0 Å². The van der Waals surface area contributed by atoms with Crippen LogP contribution in [0.4, 0.5) is 13.2 Å². The third-order valence-electron chi connectivity index (χ3n) is 7.35. The summed E-state index contributed by atoms with van der Waals surface area (Å²) in [7, 11) is -4.21. The van der Waals surface area contributed by atoms with E-state index < -0.39 is 32.6 Å². The summed E-state index contributed by atoms with van der Waals surface area (Å²) in [5, 5.41) is 6.08. The lowest BCUT2D eigenvalue weighted by Crippen LogP contribution is -2.55. The van der Waals surface area contributed by atoms with Crippen LogP contribution in [0.1, 0.15) is 60.0 Å². The van der Waals surface area contributed by atoms with Crippen LogP contribution in [-0.2, 0) is 21.0 Å². The number of amides is 2. The van der Waals surface area contributed by atoms with E-state index in [-0.39, 0.29) is 37.0 Å². The minimum Gasteiger partial charge on any atom is -0.351 e. The van der Waals surface area contributed by atoms with Crippen LogP contribution in [-0.4, -0.2) is 49.7 Å². The fourth-order valence-electron chi connectivity index (χ4n) is 5.21. The molecule has 2 aromatic rings. The highest BCUT2D eigenvalue weighted by molar-refractivity contribution is 7.89. The number of nitrogens with zero attached hydrogens (tertiary/aromatic N) is 1. The van der Waals surface area contributed by atoms with Crippen LogP contribution in [0.3, 0.4) is 0 Å². The summed E-state index contributed by atoms with van der Waals surface area (Å²) in [6.45, 7) is 1.87. The molecular formula is C27H32F3N3O4S. The summed E-state index contributed by atoms with van der Waals surface area (Å²) in [6, 6.07) is 10.4. The van der Waals surface area contributed by atoms with Gasteiger partial charge in [0, 0.05) is 30.7 Å². The number of carbonyl (C=O) groups is 2. The van der Waals surface area contributed by atoms with Gasteiger partial charge < -0.3 is 10.6 Å². The second kappa shape index (κ2) is 11.4. The Labute approximate surface area is 220 Å². The molecule has 1 aliphatic heterocycles. The first-order valence-electron chi connectivity index (χ1n) is 12.8. The molecule has 0 radical (unpaired) electrons. The Kier molecular flexibility index (Phi) is 8.46. The van der Waals surface area contributed by atoms with E-state index in [1.165, 1.54) is 0 Å². The van der Waals surface area contributed by atoms with Gasteiger partial charge in [0.1, 0.15) is 0 Å². The van der Waals surface area contributed by atoms with Crippen molar-refractivity contribution in [3.8, 4) is 0 Å². The normalized spacial score (nSPS) is 23.0. The molecule has 2 amide bonds. The molecule has 0 spiro atoms. The molecule has 1 heterocycles. The van der Waals surface area contributed by atoms with Crippen LogP contribution in [0, 0.1) is 12.8 Å². The number of carbonyl (C=O) groups excluding carboxylic acids is 2. The molecule has 7 nitrogen and oxygen atoms in total. The molecule has 2 aromatic carbocycles. The van der Waals surface area contributed by atoms with Crippen molar-refractivity contribution in [1.29, 1.82) is 0 Å². The number of aryl methyl sites for hydroxylation is 1. The molecule has 0 bridgehead atoms. The minimum atomic E-state index is -4.67. The van der Waals surface area contributed by atoms with Crippen LogP contribution in [0.5, 0.6) is 0 Å². The first-order valence-corrected chi connectivity index (χ1v) is 14.2. The summed E-state index contributed by atoms with van der Waals surface area (Å²) in [5.41, 5.74) is 0.387. The van der Waals surface area contributed by atoms with E-state index in [2.05, 4.69) is 10.6 Å². The number of sulfonamides is 1. The molecule has 2 fully saturated rings. The van der Waals surface area contributed by atoms with Crippen LogP contribution < -0.4 is 10.6 Å². The van der Waals surface area contributed by atoms with Crippen molar-refractivity contribution in [2.45, 2.75) is 68.6 Å². The van der Waals surface area contributed by atoms with Crippen molar-refractivity contribution in [2.75, 3.05) is 13.1 Å². The third kappa shape index (κ3) is 6.37. The molecule has 4 rings (SSSR count). The largest absolute Gasteiger partial charge is 0.416 e. The average Bonchev–Trinajstić information content (AvgIpc) is 2.89. The van der Waals surface area contributed by atoms with Gasteiger partial charge in [0.2, 0.25) is 15.9 Å². The van der Waals surface area contributed by atoms with Crippen molar-refractivity contribution in [2.24, 2.45) is 5.92 Å². The highest BCUT2D eigenvalue weighted by Gasteiger charge is 2.37. The van der Waals surface area contributed by atoms with Crippen molar-refractivity contribution in [3.63, 3.8) is 0 Å². The van der Waals surface area contributed by atoms with Gasteiger partial charge in [-0.2, -0.15) is 17.5 Å². The number of halogens is 3. The monoisotopic (exact) mass is 551 g/mol. The zero-order chi connectivity index (χ0) is 27.5. The van der Waals surface area contributed by atoms with Gasteiger partial charge in [-0.25, -0.2) is 8.42 Å². The lowest BCUT2D eigenvalue weighted by molar-refractivity contribution is -0.137. The molecule has 3 atom stereocenters. The number of nitrogens with one attached hydrogen (secondary N) is 2. The predicted molar refractivity (Wildman–Crippen MR) is 136 cm³/mol. The Morgan fingerprint density at radius 3 is 2.29 bits per heavy atom. The second-order valence-electron chi connectivity index (χ2n) is 10.0. The van der Waals surface area contributed by atoms with Crippen LogP contribution in [0.15, 0.2) is 53.4 Å². The predicted octanol–water partition coefficient (Wildman–Crippen LogP) is 4.27. The van der Waals surface area contributed by atoms with E-state index in [0.29, 0.717) is 37.3 Å². The quantitative estimate of drug-likeness (QED) is 0.561. The number of benzene rings is 2. The Morgan fingerprint density at radius 2 is 1.61 bits per heavy atom. The van der Waals surface area contributed by atoms with Crippen molar-refractivity contribution < 1.29 is 31.2 Å². The highest BCUT2D eigenvalue weighted by Crippen LogP contribution is 2.32. The van der Waals surface area contributed by atoms with Crippen LogP contribution in [0.2, 0.25) is 0 Å². The van der Waals surface area contributed by atoms with E-state index in [0.717, 1.165) is 40.9 Å². The summed E-state index contributed by atoms with van der Waals surface area (Å²) in [5.74, 6) is -1.15. The Hall–Kier alpha value is -2.92. The maximum atomic E-state index is 13.2. The lowest BCUT2D eigenvalue weighted by atomic mass is 9.89. The summed E-state index contributed by atoms with van der Waals surface area (Å²) >= 11 is 0. The third-order valence-corrected chi connectivity index (χ3v) is 9.21.